The van der Waals surface area contributed by atoms with E-state index in [0.717, 1.165) is 5.56 Å². The molecule has 2 aromatic carbocycles. The molecule has 2 aromatic rings. The summed E-state index contributed by atoms with van der Waals surface area (Å²) in [5.41, 5.74) is 3.14. The molecule has 1 amide bonds. The molecule has 0 bridgehead atoms. The number of carbonyl (C=O) groups excluding carboxylic acids is 2. The molecule has 0 saturated heterocycles. The predicted molar refractivity (Wildman–Crippen MR) is 110 cm³/mol. The minimum Gasteiger partial charge on any atom is -0.465 e. The molecule has 28 heavy (non-hydrogen) atoms. The number of methoxy groups -OCH3 is 1. The van der Waals surface area contributed by atoms with Gasteiger partial charge in [-0.25, -0.2) is 4.79 Å². The summed E-state index contributed by atoms with van der Waals surface area (Å²) in [7, 11) is 1.33. The van der Waals surface area contributed by atoms with Gasteiger partial charge in [-0.05, 0) is 47.7 Å². The first kappa shape index (κ1) is 21.2. The first-order valence-electron chi connectivity index (χ1n) is 8.99. The number of rotatable bonds is 6. The molecule has 0 aliphatic carbocycles. The van der Waals surface area contributed by atoms with E-state index in [0.29, 0.717) is 11.3 Å². The van der Waals surface area contributed by atoms with Crippen molar-refractivity contribution in [3.63, 3.8) is 0 Å². The van der Waals surface area contributed by atoms with Crippen LogP contribution in [0.2, 0.25) is 0 Å². The molecule has 0 spiro atoms. The lowest BCUT2D eigenvalue weighted by Gasteiger charge is -2.19. The molecule has 1 unspecified atom stereocenters. The van der Waals surface area contributed by atoms with E-state index in [1.165, 1.54) is 18.9 Å². The Balaban J connectivity index is 1.88. The Hall–Kier alpha value is -3.15. The Labute approximate surface area is 165 Å². The lowest BCUT2D eigenvalue weighted by molar-refractivity contribution is -0.126. The highest BCUT2D eigenvalue weighted by Crippen LogP contribution is 2.23. The Bertz CT molecular complexity index is 834. The summed E-state index contributed by atoms with van der Waals surface area (Å²) in [6.07, 6.45) is 0.719. The van der Waals surface area contributed by atoms with E-state index in [2.05, 4.69) is 36.0 Å². The molecule has 6 heteroatoms. The molecule has 0 fully saturated rings. The number of carbonyl (C=O) groups is 2. The molecule has 6 nitrogen and oxygen atoms in total. The van der Waals surface area contributed by atoms with Crippen molar-refractivity contribution in [2.24, 2.45) is 5.16 Å². The number of nitrogens with one attached hydrogen (secondary N) is 1. The van der Waals surface area contributed by atoms with Gasteiger partial charge in [0, 0.05) is 5.69 Å². The maximum Gasteiger partial charge on any atom is 0.337 e. The molecular formula is C22H26N2O4. The van der Waals surface area contributed by atoms with Crippen molar-refractivity contribution in [3.8, 4) is 0 Å². The monoisotopic (exact) mass is 382 g/mol. The molecule has 0 aromatic heterocycles. The number of hydrogen-bond donors (Lipinski definition) is 1. The van der Waals surface area contributed by atoms with Crippen LogP contribution in [-0.2, 0) is 19.8 Å². The van der Waals surface area contributed by atoms with Crippen LogP contribution in [0.4, 0.5) is 5.69 Å². The quantitative estimate of drug-likeness (QED) is 0.463. The smallest absolute Gasteiger partial charge is 0.337 e. The van der Waals surface area contributed by atoms with Crippen molar-refractivity contribution in [2.45, 2.75) is 39.2 Å². The number of nitrogens with zero attached hydrogens (tertiary/aromatic N) is 1. The normalized spacial score (nSPS) is 12.5. The average molecular weight is 382 g/mol. The minimum atomic E-state index is -0.757. The summed E-state index contributed by atoms with van der Waals surface area (Å²) in [5.74, 6) is -0.692. The molecule has 0 saturated carbocycles. The second kappa shape index (κ2) is 9.17. The maximum absolute atomic E-state index is 12.2. The van der Waals surface area contributed by atoms with Crippen molar-refractivity contribution in [1.29, 1.82) is 0 Å². The fraction of sp³-hybridized carbons (Fsp3) is 0.318. The standard InChI is InChI=1S/C22H26N2O4/c1-15(20(25)24-19-12-10-18(11-13-19)22(2,3)4)28-23-14-16-6-8-17(9-7-16)21(26)27-5/h6-15H,1-5H3,(H,24,25)/b23-14+. The van der Waals surface area contributed by atoms with Crippen LogP contribution in [0.25, 0.3) is 0 Å². The minimum absolute atomic E-state index is 0.0582. The molecular weight excluding hydrogens is 356 g/mol. The van der Waals surface area contributed by atoms with E-state index in [9.17, 15) is 9.59 Å². The van der Waals surface area contributed by atoms with E-state index in [4.69, 9.17) is 4.84 Å². The van der Waals surface area contributed by atoms with E-state index < -0.39 is 12.1 Å². The number of ether oxygens (including phenoxy) is 1. The molecule has 148 valence electrons. The summed E-state index contributed by atoms with van der Waals surface area (Å²) < 4.78 is 4.65. The zero-order chi connectivity index (χ0) is 20.7. The molecule has 0 heterocycles. The van der Waals surface area contributed by atoms with E-state index in [1.54, 1.807) is 31.2 Å². The highest BCUT2D eigenvalue weighted by molar-refractivity contribution is 5.94. The third kappa shape index (κ3) is 5.94. The Morgan fingerprint density at radius 2 is 1.64 bits per heavy atom. The SMILES string of the molecule is COC(=O)c1ccc(/C=N/OC(C)C(=O)Nc2ccc(C(C)(C)C)cc2)cc1. The summed E-state index contributed by atoms with van der Waals surface area (Å²) in [6.45, 7) is 8.03. The lowest BCUT2D eigenvalue weighted by atomic mass is 9.87. The zero-order valence-electron chi connectivity index (χ0n) is 16.9. The number of anilines is 1. The number of esters is 1. The van der Waals surface area contributed by atoms with Crippen molar-refractivity contribution in [1.82, 2.24) is 0 Å². The number of amides is 1. The molecule has 0 aliphatic heterocycles. The van der Waals surface area contributed by atoms with Gasteiger partial charge < -0.3 is 14.9 Å². The second-order valence-electron chi connectivity index (χ2n) is 7.41. The van der Waals surface area contributed by atoms with Gasteiger partial charge in [0.15, 0.2) is 0 Å². The first-order valence-corrected chi connectivity index (χ1v) is 8.99. The number of benzene rings is 2. The van der Waals surface area contributed by atoms with Crippen molar-refractivity contribution < 1.29 is 19.2 Å². The summed E-state index contributed by atoms with van der Waals surface area (Å²) >= 11 is 0. The van der Waals surface area contributed by atoms with Gasteiger partial charge >= 0.3 is 5.97 Å². The van der Waals surface area contributed by atoms with Crippen molar-refractivity contribution in [2.75, 3.05) is 12.4 Å². The number of oxime groups is 1. The van der Waals surface area contributed by atoms with Gasteiger partial charge in [0.25, 0.3) is 5.91 Å². The third-order valence-electron chi connectivity index (χ3n) is 4.14. The highest BCUT2D eigenvalue weighted by atomic mass is 16.6. The molecule has 0 aliphatic rings. The van der Waals surface area contributed by atoms with Gasteiger partial charge in [-0.3, -0.25) is 4.79 Å². The van der Waals surface area contributed by atoms with Crippen molar-refractivity contribution in [3.05, 3.63) is 65.2 Å². The van der Waals surface area contributed by atoms with Gasteiger partial charge in [-0.15, -0.1) is 0 Å². The van der Waals surface area contributed by atoms with Gasteiger partial charge in [0.1, 0.15) is 0 Å². The summed E-state index contributed by atoms with van der Waals surface area (Å²) in [4.78, 5) is 28.8. The highest BCUT2D eigenvalue weighted by Gasteiger charge is 2.16. The Kier molecular flexibility index (Phi) is 6.93. The Morgan fingerprint density at radius 3 is 2.18 bits per heavy atom. The predicted octanol–water partition coefficient (Wildman–Crippen LogP) is 4.15. The summed E-state index contributed by atoms with van der Waals surface area (Å²) in [5, 5.41) is 6.65. The van der Waals surface area contributed by atoms with Crippen LogP contribution in [0.15, 0.2) is 53.7 Å². The average Bonchev–Trinajstić information content (AvgIpc) is 2.67. The van der Waals surface area contributed by atoms with E-state index >= 15 is 0 Å². The van der Waals surface area contributed by atoms with E-state index in [1.807, 2.05) is 24.3 Å². The van der Waals surface area contributed by atoms with Crippen LogP contribution in [0.5, 0.6) is 0 Å². The lowest BCUT2D eigenvalue weighted by Crippen LogP contribution is -2.26. The van der Waals surface area contributed by atoms with Crippen LogP contribution in [-0.4, -0.2) is 31.3 Å². The third-order valence-corrected chi connectivity index (χ3v) is 4.14. The molecule has 1 N–H and O–H groups in total. The second-order valence-corrected chi connectivity index (χ2v) is 7.41. The molecule has 0 radical (unpaired) electrons. The molecule has 1 atom stereocenters. The summed E-state index contributed by atoms with van der Waals surface area (Å²) in [6, 6.07) is 14.4. The van der Waals surface area contributed by atoms with E-state index in [-0.39, 0.29) is 11.3 Å². The van der Waals surface area contributed by atoms with Gasteiger partial charge in [-0.2, -0.15) is 0 Å². The maximum atomic E-state index is 12.2. The number of hydrogen-bond acceptors (Lipinski definition) is 5. The largest absolute Gasteiger partial charge is 0.465 e. The van der Waals surface area contributed by atoms with Gasteiger partial charge in [0.2, 0.25) is 6.10 Å². The van der Waals surface area contributed by atoms with Crippen LogP contribution in [0.3, 0.4) is 0 Å². The van der Waals surface area contributed by atoms with Crippen LogP contribution in [0.1, 0.15) is 49.2 Å². The fourth-order valence-electron chi connectivity index (χ4n) is 2.35. The fourth-order valence-corrected chi connectivity index (χ4v) is 2.35. The van der Waals surface area contributed by atoms with Crippen LogP contribution in [0, 0.1) is 0 Å². The zero-order valence-corrected chi connectivity index (χ0v) is 16.9. The van der Waals surface area contributed by atoms with Crippen LogP contribution < -0.4 is 5.32 Å². The van der Waals surface area contributed by atoms with Gasteiger partial charge in [0.05, 0.1) is 18.9 Å². The molecule has 2 rings (SSSR count). The topological polar surface area (TPSA) is 77.0 Å². The van der Waals surface area contributed by atoms with Crippen LogP contribution >= 0.6 is 0 Å². The first-order chi connectivity index (χ1) is 13.2. The van der Waals surface area contributed by atoms with Crippen molar-refractivity contribution >= 4 is 23.8 Å². The Morgan fingerprint density at radius 1 is 1.04 bits per heavy atom. The van der Waals surface area contributed by atoms with Gasteiger partial charge in [-0.1, -0.05) is 50.2 Å².